The van der Waals surface area contributed by atoms with E-state index in [9.17, 15) is 5.11 Å². The molecule has 0 aliphatic rings. The smallest absolute Gasteiger partial charge is 0.261 e. The van der Waals surface area contributed by atoms with E-state index in [1.165, 1.54) is 0 Å². The molecule has 1 heterocycles. The van der Waals surface area contributed by atoms with E-state index in [1.54, 1.807) is 12.1 Å². The number of ether oxygens (including phenoxy) is 1. The highest BCUT2D eigenvalue weighted by atomic mass is 16.5. The van der Waals surface area contributed by atoms with E-state index in [0.717, 1.165) is 12.0 Å². The number of aromatic nitrogens is 2. The van der Waals surface area contributed by atoms with E-state index < -0.39 is 0 Å². The normalized spacial score (nSPS) is 12.6. The molecule has 2 rings (SSSR count). The second kappa shape index (κ2) is 5.84. The first-order chi connectivity index (χ1) is 9.15. The molecule has 1 atom stereocenters. The molecule has 2 aromatic rings. The molecule has 0 radical (unpaired) electrons. The van der Waals surface area contributed by atoms with E-state index in [2.05, 4.69) is 10.1 Å². The second-order valence-corrected chi connectivity index (χ2v) is 4.33. The lowest BCUT2D eigenvalue weighted by atomic mass is 10.1. The van der Waals surface area contributed by atoms with Crippen molar-refractivity contribution < 1.29 is 14.4 Å². The van der Waals surface area contributed by atoms with Crippen molar-refractivity contribution >= 4 is 0 Å². The summed E-state index contributed by atoms with van der Waals surface area (Å²) in [5.41, 5.74) is 1.51. The Morgan fingerprint density at radius 1 is 1.37 bits per heavy atom. The lowest BCUT2D eigenvalue weighted by Crippen LogP contribution is -2.04. The zero-order valence-electron chi connectivity index (χ0n) is 11.4. The van der Waals surface area contributed by atoms with Crippen molar-refractivity contribution in [1.29, 1.82) is 0 Å². The minimum absolute atomic E-state index is 0.139. The van der Waals surface area contributed by atoms with Gasteiger partial charge in [-0.2, -0.15) is 4.98 Å². The highest BCUT2D eigenvalue weighted by Gasteiger charge is 2.19. The van der Waals surface area contributed by atoms with Crippen molar-refractivity contribution in [3.8, 4) is 17.2 Å². The molecule has 5 heteroatoms. The standard InChI is InChI=1S/C14H18N2O3/c1-4-12(18-5-2)13-15-14(19-16-13)10-7-6-9(3)8-11(10)17/h6-8,12,17H,4-5H2,1-3H3. The predicted octanol–water partition coefficient (Wildman–Crippen LogP) is 3.24. The average molecular weight is 262 g/mol. The van der Waals surface area contributed by atoms with Gasteiger partial charge >= 0.3 is 0 Å². The van der Waals surface area contributed by atoms with Gasteiger partial charge in [-0.1, -0.05) is 18.1 Å². The van der Waals surface area contributed by atoms with Gasteiger partial charge in [-0.25, -0.2) is 0 Å². The summed E-state index contributed by atoms with van der Waals surface area (Å²) in [7, 11) is 0. The maximum atomic E-state index is 9.89. The number of hydrogen-bond acceptors (Lipinski definition) is 5. The fourth-order valence-electron chi connectivity index (χ4n) is 1.87. The Morgan fingerprint density at radius 3 is 2.79 bits per heavy atom. The molecule has 0 aliphatic heterocycles. The summed E-state index contributed by atoms with van der Waals surface area (Å²) in [5.74, 6) is 0.963. The third-order valence-electron chi connectivity index (χ3n) is 2.85. The van der Waals surface area contributed by atoms with Crippen LogP contribution in [-0.2, 0) is 4.74 Å². The van der Waals surface area contributed by atoms with Crippen LogP contribution in [0.4, 0.5) is 0 Å². The van der Waals surface area contributed by atoms with Crippen LogP contribution in [0.1, 0.15) is 37.8 Å². The van der Waals surface area contributed by atoms with Crippen molar-refractivity contribution in [2.45, 2.75) is 33.3 Å². The monoisotopic (exact) mass is 262 g/mol. The number of phenolic OH excluding ortho intramolecular Hbond substituents is 1. The molecule has 0 saturated carbocycles. The van der Waals surface area contributed by atoms with Crippen LogP contribution in [0.15, 0.2) is 22.7 Å². The number of benzene rings is 1. The van der Waals surface area contributed by atoms with Crippen molar-refractivity contribution in [3.63, 3.8) is 0 Å². The zero-order chi connectivity index (χ0) is 13.8. The summed E-state index contributed by atoms with van der Waals surface area (Å²) in [4.78, 5) is 4.30. The fourth-order valence-corrected chi connectivity index (χ4v) is 1.87. The van der Waals surface area contributed by atoms with Crippen LogP contribution in [-0.4, -0.2) is 21.9 Å². The van der Waals surface area contributed by atoms with Gasteiger partial charge in [0.05, 0.1) is 5.56 Å². The number of phenols is 1. The van der Waals surface area contributed by atoms with Crippen LogP contribution >= 0.6 is 0 Å². The first-order valence-corrected chi connectivity index (χ1v) is 6.40. The van der Waals surface area contributed by atoms with Gasteiger partial charge in [0, 0.05) is 6.61 Å². The van der Waals surface area contributed by atoms with E-state index >= 15 is 0 Å². The van der Waals surface area contributed by atoms with Crippen molar-refractivity contribution in [2.75, 3.05) is 6.61 Å². The van der Waals surface area contributed by atoms with Gasteiger partial charge < -0.3 is 14.4 Å². The minimum atomic E-state index is -0.171. The van der Waals surface area contributed by atoms with Gasteiger partial charge in [-0.3, -0.25) is 0 Å². The molecule has 0 bridgehead atoms. The van der Waals surface area contributed by atoms with E-state index in [-0.39, 0.29) is 11.9 Å². The summed E-state index contributed by atoms with van der Waals surface area (Å²) < 4.78 is 10.7. The first kappa shape index (κ1) is 13.5. The van der Waals surface area contributed by atoms with Gasteiger partial charge in [0.2, 0.25) is 5.82 Å². The average Bonchev–Trinajstić information content (AvgIpc) is 2.85. The molecule has 1 aromatic heterocycles. The summed E-state index contributed by atoms with van der Waals surface area (Å²) >= 11 is 0. The van der Waals surface area contributed by atoms with Crippen LogP contribution in [0, 0.1) is 6.92 Å². The van der Waals surface area contributed by atoms with Crippen molar-refractivity contribution in [2.24, 2.45) is 0 Å². The molecule has 0 saturated heterocycles. The number of aromatic hydroxyl groups is 1. The molecule has 1 unspecified atom stereocenters. The molecule has 0 amide bonds. The quantitative estimate of drug-likeness (QED) is 0.895. The van der Waals surface area contributed by atoms with Gasteiger partial charge in [-0.05, 0) is 38.0 Å². The Balaban J connectivity index is 2.29. The van der Waals surface area contributed by atoms with Crippen LogP contribution in [0.25, 0.3) is 11.5 Å². The maximum Gasteiger partial charge on any atom is 0.261 e. The highest BCUT2D eigenvalue weighted by molar-refractivity contribution is 5.62. The van der Waals surface area contributed by atoms with Crippen molar-refractivity contribution in [3.05, 3.63) is 29.6 Å². The van der Waals surface area contributed by atoms with Crippen LogP contribution in [0.5, 0.6) is 5.75 Å². The minimum Gasteiger partial charge on any atom is -0.507 e. The molecule has 19 heavy (non-hydrogen) atoms. The number of rotatable bonds is 5. The van der Waals surface area contributed by atoms with Gasteiger partial charge in [0.1, 0.15) is 11.9 Å². The van der Waals surface area contributed by atoms with Crippen LogP contribution in [0.3, 0.4) is 0 Å². The van der Waals surface area contributed by atoms with Crippen LogP contribution < -0.4 is 0 Å². The third kappa shape index (κ3) is 2.93. The number of hydrogen-bond donors (Lipinski definition) is 1. The third-order valence-corrected chi connectivity index (χ3v) is 2.85. The molecule has 1 aromatic carbocycles. The molecule has 5 nitrogen and oxygen atoms in total. The Bertz CT molecular complexity index is 551. The summed E-state index contributed by atoms with van der Waals surface area (Å²) in [5, 5.41) is 13.8. The molecule has 102 valence electrons. The van der Waals surface area contributed by atoms with E-state index in [0.29, 0.717) is 23.9 Å². The first-order valence-electron chi connectivity index (χ1n) is 6.40. The number of aryl methyl sites for hydroxylation is 1. The molecule has 0 aliphatic carbocycles. The molecule has 1 N–H and O–H groups in total. The zero-order valence-corrected chi connectivity index (χ0v) is 11.4. The van der Waals surface area contributed by atoms with Gasteiger partial charge in [0.15, 0.2) is 0 Å². The Hall–Kier alpha value is -1.88. The summed E-state index contributed by atoms with van der Waals surface area (Å²) in [6, 6.07) is 5.32. The lowest BCUT2D eigenvalue weighted by molar-refractivity contribution is 0.0518. The van der Waals surface area contributed by atoms with Crippen molar-refractivity contribution in [1.82, 2.24) is 10.1 Å². The molecule has 0 spiro atoms. The number of nitrogens with zero attached hydrogens (tertiary/aromatic N) is 2. The Labute approximate surface area is 112 Å². The molecule has 0 fully saturated rings. The topological polar surface area (TPSA) is 68.4 Å². The lowest BCUT2D eigenvalue weighted by Gasteiger charge is -2.09. The Morgan fingerprint density at radius 2 is 2.16 bits per heavy atom. The largest absolute Gasteiger partial charge is 0.507 e. The predicted molar refractivity (Wildman–Crippen MR) is 70.8 cm³/mol. The highest BCUT2D eigenvalue weighted by Crippen LogP contribution is 2.30. The maximum absolute atomic E-state index is 9.89. The molecular formula is C14H18N2O3. The summed E-state index contributed by atoms with van der Waals surface area (Å²) in [6.07, 6.45) is 0.599. The molecular weight excluding hydrogens is 244 g/mol. The second-order valence-electron chi connectivity index (χ2n) is 4.33. The van der Waals surface area contributed by atoms with Gasteiger partial charge in [0.25, 0.3) is 5.89 Å². The Kier molecular flexibility index (Phi) is 4.16. The van der Waals surface area contributed by atoms with E-state index in [1.807, 2.05) is 26.8 Å². The SMILES string of the molecule is CCOC(CC)c1noc(-c2ccc(C)cc2O)n1. The fraction of sp³-hybridized carbons (Fsp3) is 0.429. The summed E-state index contributed by atoms with van der Waals surface area (Å²) in [6.45, 7) is 6.43. The van der Waals surface area contributed by atoms with E-state index in [4.69, 9.17) is 9.26 Å². The van der Waals surface area contributed by atoms with Crippen LogP contribution in [0.2, 0.25) is 0 Å². The van der Waals surface area contributed by atoms with Gasteiger partial charge in [-0.15, -0.1) is 0 Å².